The Balaban J connectivity index is 2.07. The number of nitrogens with one attached hydrogen (secondary N) is 1. The Labute approximate surface area is 255 Å². The summed E-state index contributed by atoms with van der Waals surface area (Å²) in [6.45, 7) is 5.93. The summed E-state index contributed by atoms with van der Waals surface area (Å²) in [5.41, 5.74) is 2.05. The number of benzene rings is 3. The van der Waals surface area contributed by atoms with Crippen molar-refractivity contribution in [1.82, 2.24) is 10.2 Å². The molecule has 0 saturated heterocycles. The summed E-state index contributed by atoms with van der Waals surface area (Å²) >= 11 is 0. The van der Waals surface area contributed by atoms with Gasteiger partial charge in [0.1, 0.15) is 24.1 Å². The Morgan fingerprint density at radius 1 is 0.930 bits per heavy atom. The van der Waals surface area contributed by atoms with E-state index in [0.717, 1.165) is 28.3 Å². The van der Waals surface area contributed by atoms with Crippen molar-refractivity contribution in [1.29, 1.82) is 0 Å². The number of aryl methyl sites for hydroxylation is 1. The summed E-state index contributed by atoms with van der Waals surface area (Å²) in [7, 11) is -1.33. The molecule has 0 spiro atoms. The van der Waals surface area contributed by atoms with Crippen LogP contribution in [0.15, 0.2) is 77.7 Å². The van der Waals surface area contributed by atoms with E-state index in [1.54, 1.807) is 24.3 Å². The van der Waals surface area contributed by atoms with Crippen LogP contribution in [0.4, 0.5) is 5.69 Å². The molecule has 0 aromatic heterocycles. The van der Waals surface area contributed by atoms with Crippen LogP contribution < -0.4 is 19.1 Å². The largest absolute Gasteiger partial charge is 0.497 e. The predicted octanol–water partition coefficient (Wildman–Crippen LogP) is 4.97. The lowest BCUT2D eigenvalue weighted by molar-refractivity contribution is -0.139. The highest BCUT2D eigenvalue weighted by molar-refractivity contribution is 7.92. The first-order valence-corrected chi connectivity index (χ1v) is 16.0. The summed E-state index contributed by atoms with van der Waals surface area (Å²) in [5.74, 6) is -0.113. The fourth-order valence-corrected chi connectivity index (χ4v) is 6.16. The zero-order chi connectivity index (χ0) is 31.4. The fourth-order valence-electron chi connectivity index (χ4n) is 4.74. The molecule has 0 aliphatic heterocycles. The molecular weight excluding hydrogens is 566 g/mol. The molecule has 0 heterocycles. The van der Waals surface area contributed by atoms with Crippen molar-refractivity contribution in [3.8, 4) is 11.5 Å². The normalized spacial score (nSPS) is 11.8. The van der Waals surface area contributed by atoms with Crippen LogP contribution in [0, 0.1) is 6.92 Å². The molecule has 0 fully saturated rings. The van der Waals surface area contributed by atoms with E-state index in [0.29, 0.717) is 25.1 Å². The molecule has 3 aromatic rings. The monoisotopic (exact) mass is 609 g/mol. The van der Waals surface area contributed by atoms with Gasteiger partial charge in [-0.15, -0.1) is 0 Å². The first-order valence-electron chi connectivity index (χ1n) is 14.6. The minimum Gasteiger partial charge on any atom is -0.497 e. The van der Waals surface area contributed by atoms with Crippen LogP contribution in [0.3, 0.4) is 0 Å². The van der Waals surface area contributed by atoms with Gasteiger partial charge in [-0.05, 0) is 56.0 Å². The minimum absolute atomic E-state index is 0.0240. The second-order valence-corrected chi connectivity index (χ2v) is 12.1. The number of hydrogen-bond acceptors (Lipinski definition) is 6. The molecular formula is C33H43N3O6S. The van der Waals surface area contributed by atoms with Crippen molar-refractivity contribution in [2.24, 2.45) is 0 Å². The Hall–Kier alpha value is -4.05. The van der Waals surface area contributed by atoms with Gasteiger partial charge < -0.3 is 19.7 Å². The van der Waals surface area contributed by atoms with Gasteiger partial charge in [0.15, 0.2) is 0 Å². The average molecular weight is 610 g/mol. The van der Waals surface area contributed by atoms with Crippen molar-refractivity contribution in [2.45, 2.75) is 57.4 Å². The third-order valence-electron chi connectivity index (χ3n) is 7.24. The van der Waals surface area contributed by atoms with E-state index in [1.165, 1.54) is 37.3 Å². The van der Waals surface area contributed by atoms with E-state index < -0.39 is 28.5 Å². The maximum atomic E-state index is 14.2. The molecule has 0 saturated carbocycles. The number of rotatable bonds is 16. The van der Waals surface area contributed by atoms with Crippen LogP contribution in [0.1, 0.15) is 44.2 Å². The number of ether oxygens (including phenoxy) is 2. The molecule has 1 atom stereocenters. The van der Waals surface area contributed by atoms with E-state index in [4.69, 9.17) is 9.47 Å². The van der Waals surface area contributed by atoms with Crippen LogP contribution in [0.5, 0.6) is 11.5 Å². The smallest absolute Gasteiger partial charge is 0.264 e. The topological polar surface area (TPSA) is 105 Å². The minimum atomic E-state index is -4.24. The SMILES string of the molecule is CCCCNC(=O)[C@@H](CC)N(CCc1ccccc1)C(=O)CN(c1cc(OC)ccc1OC)S(=O)(=O)c1ccc(C)cc1. The molecule has 43 heavy (non-hydrogen) atoms. The first kappa shape index (κ1) is 33.5. The number of amides is 2. The van der Waals surface area contributed by atoms with E-state index in [2.05, 4.69) is 5.32 Å². The van der Waals surface area contributed by atoms with Crippen molar-refractivity contribution >= 4 is 27.5 Å². The lowest BCUT2D eigenvalue weighted by Gasteiger charge is -2.33. The molecule has 3 rings (SSSR count). The van der Waals surface area contributed by atoms with Gasteiger partial charge in [0, 0.05) is 19.2 Å². The van der Waals surface area contributed by atoms with Gasteiger partial charge in [-0.2, -0.15) is 0 Å². The Bertz CT molecular complexity index is 1450. The van der Waals surface area contributed by atoms with Gasteiger partial charge in [0.2, 0.25) is 11.8 Å². The maximum Gasteiger partial charge on any atom is 0.264 e. The molecule has 0 aliphatic rings. The number of methoxy groups -OCH3 is 2. The lowest BCUT2D eigenvalue weighted by Crippen LogP contribution is -2.53. The van der Waals surface area contributed by atoms with Crippen LogP contribution in [0.25, 0.3) is 0 Å². The van der Waals surface area contributed by atoms with E-state index in [1.807, 2.05) is 51.1 Å². The van der Waals surface area contributed by atoms with Crippen LogP contribution in [-0.4, -0.2) is 65.0 Å². The molecule has 2 amide bonds. The summed E-state index contributed by atoms with van der Waals surface area (Å²) in [6, 6.07) is 20.1. The number of nitrogens with zero attached hydrogens (tertiary/aromatic N) is 2. The van der Waals surface area contributed by atoms with Crippen molar-refractivity contribution in [2.75, 3.05) is 38.2 Å². The molecule has 3 aromatic carbocycles. The highest BCUT2D eigenvalue weighted by Crippen LogP contribution is 2.36. The Kier molecular flexibility index (Phi) is 12.4. The zero-order valence-corrected chi connectivity index (χ0v) is 26.5. The number of hydrogen-bond donors (Lipinski definition) is 1. The number of carbonyl (C=O) groups is 2. The second-order valence-electron chi connectivity index (χ2n) is 10.3. The highest BCUT2D eigenvalue weighted by Gasteiger charge is 2.34. The lowest BCUT2D eigenvalue weighted by atomic mass is 10.1. The van der Waals surface area contributed by atoms with Crippen LogP contribution in [0.2, 0.25) is 0 Å². The number of sulfonamides is 1. The predicted molar refractivity (Wildman–Crippen MR) is 169 cm³/mol. The average Bonchev–Trinajstić information content (AvgIpc) is 3.02. The van der Waals surface area contributed by atoms with Gasteiger partial charge in [0.05, 0.1) is 24.8 Å². The Morgan fingerprint density at radius 2 is 1.63 bits per heavy atom. The van der Waals surface area contributed by atoms with Gasteiger partial charge in [-0.25, -0.2) is 8.42 Å². The van der Waals surface area contributed by atoms with Crippen LogP contribution >= 0.6 is 0 Å². The zero-order valence-electron chi connectivity index (χ0n) is 25.7. The quantitative estimate of drug-likeness (QED) is 0.230. The van der Waals surface area contributed by atoms with Crippen molar-refractivity contribution < 1.29 is 27.5 Å². The van der Waals surface area contributed by atoms with Gasteiger partial charge in [-0.3, -0.25) is 13.9 Å². The van der Waals surface area contributed by atoms with E-state index in [9.17, 15) is 18.0 Å². The summed E-state index contributed by atoms with van der Waals surface area (Å²) in [6.07, 6.45) is 2.60. The van der Waals surface area contributed by atoms with Gasteiger partial charge in [0.25, 0.3) is 10.0 Å². The third-order valence-corrected chi connectivity index (χ3v) is 9.02. The number of anilines is 1. The second kappa shape index (κ2) is 16.0. The number of unbranched alkanes of at least 4 members (excludes halogenated alkanes) is 1. The molecule has 9 nitrogen and oxygen atoms in total. The summed E-state index contributed by atoms with van der Waals surface area (Å²) < 4.78 is 40.3. The summed E-state index contributed by atoms with van der Waals surface area (Å²) in [5, 5.41) is 2.95. The molecule has 0 radical (unpaired) electrons. The maximum absolute atomic E-state index is 14.2. The standard InChI is InChI=1S/C33H43N3O6S/c1-6-8-21-34-33(38)29(7-2)35(22-20-26-12-10-9-11-13-26)32(37)24-36(30-23-27(41-4)16-19-31(30)42-5)43(39,40)28-17-14-25(3)15-18-28/h9-19,23,29H,6-8,20-22,24H2,1-5H3,(H,34,38)/t29-/m1/s1. The van der Waals surface area contributed by atoms with E-state index in [-0.39, 0.29) is 28.8 Å². The van der Waals surface area contributed by atoms with Gasteiger partial charge in [-0.1, -0.05) is 68.3 Å². The van der Waals surface area contributed by atoms with Crippen LogP contribution in [-0.2, 0) is 26.0 Å². The third kappa shape index (κ3) is 8.73. The molecule has 1 N–H and O–H groups in total. The number of carbonyl (C=O) groups excluding carboxylic acids is 2. The van der Waals surface area contributed by atoms with E-state index >= 15 is 0 Å². The van der Waals surface area contributed by atoms with Crippen molar-refractivity contribution in [3.63, 3.8) is 0 Å². The van der Waals surface area contributed by atoms with Gasteiger partial charge >= 0.3 is 0 Å². The Morgan fingerprint density at radius 3 is 2.23 bits per heavy atom. The molecule has 10 heteroatoms. The van der Waals surface area contributed by atoms with Crippen molar-refractivity contribution in [3.05, 3.63) is 83.9 Å². The fraction of sp³-hybridized carbons (Fsp3) is 0.394. The molecule has 232 valence electrons. The molecule has 0 unspecified atom stereocenters. The molecule has 0 aliphatic carbocycles. The summed E-state index contributed by atoms with van der Waals surface area (Å²) in [4.78, 5) is 29.1. The highest BCUT2D eigenvalue weighted by atomic mass is 32.2. The molecule has 0 bridgehead atoms. The first-order chi connectivity index (χ1) is 20.7.